The first-order valence-electron chi connectivity index (χ1n) is 19.7. The van der Waals surface area contributed by atoms with E-state index in [4.69, 9.17) is 15.0 Å². The van der Waals surface area contributed by atoms with Crippen LogP contribution in [0.25, 0.3) is 88.1 Å². The molecular weight excluding hydrogens is 723 g/mol. The number of rotatable bonds is 5. The zero-order chi connectivity index (χ0) is 38.2. The molecule has 0 aliphatic heterocycles. The second-order valence-corrected chi connectivity index (χ2v) is 16.1. The van der Waals surface area contributed by atoms with E-state index in [0.29, 0.717) is 17.5 Å². The minimum atomic E-state index is -0.405. The van der Waals surface area contributed by atoms with Gasteiger partial charge in [-0.1, -0.05) is 182 Å². The van der Waals surface area contributed by atoms with Gasteiger partial charge in [0.25, 0.3) is 0 Å². The maximum Gasteiger partial charge on any atom is 0.164 e. The van der Waals surface area contributed by atoms with Crippen LogP contribution in [0.3, 0.4) is 0 Å². The van der Waals surface area contributed by atoms with E-state index in [0.717, 1.165) is 38.9 Å². The smallest absolute Gasteiger partial charge is 0.164 e. The van der Waals surface area contributed by atoms with Crippen molar-refractivity contribution >= 4 is 21.4 Å². The molecule has 0 saturated carbocycles. The lowest BCUT2D eigenvalue weighted by Crippen LogP contribution is -2.25. The van der Waals surface area contributed by atoms with Crippen LogP contribution < -0.4 is 0 Å². The second kappa shape index (κ2) is 12.9. The van der Waals surface area contributed by atoms with Gasteiger partial charge < -0.3 is 0 Å². The van der Waals surface area contributed by atoms with E-state index in [9.17, 15) is 0 Å². The molecule has 270 valence electrons. The summed E-state index contributed by atoms with van der Waals surface area (Å²) in [5, 5.41) is 1.33. The summed E-state index contributed by atoms with van der Waals surface area (Å²) < 4.78 is 1.31. The van der Waals surface area contributed by atoms with Crippen LogP contribution >= 0.6 is 11.3 Å². The van der Waals surface area contributed by atoms with Gasteiger partial charge in [0, 0.05) is 26.3 Å². The van der Waals surface area contributed by atoms with Crippen molar-refractivity contribution in [3.63, 3.8) is 0 Å². The summed E-state index contributed by atoms with van der Waals surface area (Å²) in [6, 6.07) is 71.8. The molecule has 1 spiro atoms. The summed E-state index contributed by atoms with van der Waals surface area (Å²) in [7, 11) is 0. The number of nitrogens with zero attached hydrogens (tertiary/aromatic N) is 3. The number of fused-ring (bicyclic) bond motifs is 12. The molecule has 2 aliphatic carbocycles. The Labute approximate surface area is 340 Å². The van der Waals surface area contributed by atoms with Gasteiger partial charge in [0.1, 0.15) is 0 Å². The molecule has 2 heterocycles. The summed E-state index contributed by atoms with van der Waals surface area (Å²) >= 11 is 1.91. The minimum Gasteiger partial charge on any atom is -0.208 e. The fourth-order valence-electron chi connectivity index (χ4n) is 9.50. The lowest BCUT2D eigenvalue weighted by atomic mass is 9.70. The third kappa shape index (κ3) is 4.82. The maximum absolute atomic E-state index is 5.25. The molecule has 10 aromatic rings. The van der Waals surface area contributed by atoms with Gasteiger partial charge in [0.05, 0.1) is 5.41 Å². The summed E-state index contributed by atoms with van der Waals surface area (Å²) in [4.78, 5) is 16.9. The van der Waals surface area contributed by atoms with Crippen LogP contribution in [0.4, 0.5) is 0 Å². The van der Waals surface area contributed by atoms with Crippen molar-refractivity contribution < 1.29 is 0 Å². The molecule has 4 heteroatoms. The summed E-state index contributed by atoms with van der Waals surface area (Å²) in [6.07, 6.45) is 0. The lowest BCUT2D eigenvalue weighted by Gasteiger charge is -2.30. The van der Waals surface area contributed by atoms with Crippen LogP contribution in [0.1, 0.15) is 22.3 Å². The molecule has 0 radical (unpaired) electrons. The van der Waals surface area contributed by atoms with Gasteiger partial charge in [0.2, 0.25) is 0 Å². The van der Waals surface area contributed by atoms with E-state index in [1.54, 1.807) is 0 Å². The van der Waals surface area contributed by atoms with Crippen LogP contribution in [-0.4, -0.2) is 15.0 Å². The monoisotopic (exact) mass is 755 g/mol. The van der Waals surface area contributed by atoms with E-state index in [1.807, 2.05) is 35.6 Å². The zero-order valence-corrected chi connectivity index (χ0v) is 32.1. The highest BCUT2D eigenvalue weighted by molar-refractivity contribution is 7.22. The standard InChI is InChI=1S/C54H33N3S/c1-3-16-34(17-4-1)36-20-15-21-38(32-36)52-55-51(35-18-5-2-6-19-35)56-53(57-52)42-25-8-7-22-39(42)37-30-31-47-44(33-37)50-49(43-26-11-14-29-48(43)58-50)54(47)45-27-12-9-23-40(45)41-24-10-13-28-46(41)54/h1-33H. The second-order valence-electron chi connectivity index (χ2n) is 15.1. The molecule has 0 N–H and O–H groups in total. The average molecular weight is 756 g/mol. The normalized spacial score (nSPS) is 13.0. The van der Waals surface area contributed by atoms with Gasteiger partial charge in [-0.05, 0) is 84.8 Å². The van der Waals surface area contributed by atoms with E-state index >= 15 is 0 Å². The molecule has 12 rings (SSSR count). The molecule has 0 amide bonds. The van der Waals surface area contributed by atoms with Crippen molar-refractivity contribution in [3.05, 3.63) is 222 Å². The summed E-state index contributed by atoms with van der Waals surface area (Å²) in [5.74, 6) is 1.92. The number of hydrogen-bond acceptors (Lipinski definition) is 4. The molecule has 0 fully saturated rings. The van der Waals surface area contributed by atoms with E-state index in [1.165, 1.54) is 53.9 Å². The Morgan fingerprint density at radius 2 is 0.862 bits per heavy atom. The van der Waals surface area contributed by atoms with Crippen molar-refractivity contribution in [2.45, 2.75) is 5.41 Å². The van der Waals surface area contributed by atoms with Gasteiger partial charge in [-0.15, -0.1) is 11.3 Å². The Hall–Kier alpha value is -7.27. The molecule has 58 heavy (non-hydrogen) atoms. The number of aromatic nitrogens is 3. The van der Waals surface area contributed by atoms with Crippen LogP contribution in [0.15, 0.2) is 200 Å². The fourth-order valence-corrected chi connectivity index (χ4v) is 10.8. The van der Waals surface area contributed by atoms with Gasteiger partial charge in [-0.3, -0.25) is 0 Å². The highest BCUT2D eigenvalue weighted by Gasteiger charge is 2.53. The van der Waals surface area contributed by atoms with Gasteiger partial charge in [0.15, 0.2) is 17.5 Å². The summed E-state index contributed by atoms with van der Waals surface area (Å²) in [6.45, 7) is 0. The molecule has 0 saturated heterocycles. The van der Waals surface area contributed by atoms with Crippen molar-refractivity contribution in [3.8, 4) is 78.0 Å². The molecule has 8 aromatic carbocycles. The number of benzene rings is 8. The highest BCUT2D eigenvalue weighted by atomic mass is 32.1. The van der Waals surface area contributed by atoms with E-state index < -0.39 is 5.41 Å². The third-order valence-electron chi connectivity index (χ3n) is 12.0. The van der Waals surface area contributed by atoms with Gasteiger partial charge in [-0.2, -0.15) is 0 Å². The molecule has 0 unspecified atom stereocenters. The lowest BCUT2D eigenvalue weighted by molar-refractivity contribution is 0.803. The van der Waals surface area contributed by atoms with E-state index in [-0.39, 0.29) is 0 Å². The number of hydrogen-bond donors (Lipinski definition) is 0. The molecular formula is C54H33N3S. The van der Waals surface area contributed by atoms with Crippen LogP contribution in [0.2, 0.25) is 0 Å². The van der Waals surface area contributed by atoms with Crippen LogP contribution in [0, 0.1) is 0 Å². The SMILES string of the molecule is c1ccc(-c2cccc(-c3nc(-c4ccccc4)nc(-c4ccccc4-c4ccc5c(c4)-c4sc6ccccc6c4C54c5ccccc5-c5ccccc54)n3)c2)cc1. The first-order chi connectivity index (χ1) is 28.8. The topological polar surface area (TPSA) is 38.7 Å². The first kappa shape index (κ1) is 32.9. The van der Waals surface area contributed by atoms with Crippen LogP contribution in [-0.2, 0) is 5.41 Å². The quantitative estimate of drug-likeness (QED) is 0.176. The fraction of sp³-hybridized carbons (Fsp3) is 0.0185. The average Bonchev–Trinajstić information content (AvgIpc) is 3.93. The first-order valence-corrected chi connectivity index (χ1v) is 20.5. The Morgan fingerprint density at radius 3 is 1.60 bits per heavy atom. The van der Waals surface area contributed by atoms with E-state index in [2.05, 4.69) is 176 Å². The van der Waals surface area contributed by atoms with Crippen molar-refractivity contribution in [1.82, 2.24) is 15.0 Å². The van der Waals surface area contributed by atoms with Gasteiger partial charge >= 0.3 is 0 Å². The molecule has 0 bridgehead atoms. The molecule has 0 atom stereocenters. The third-order valence-corrected chi connectivity index (χ3v) is 13.2. The van der Waals surface area contributed by atoms with Crippen molar-refractivity contribution in [2.75, 3.05) is 0 Å². The molecule has 3 nitrogen and oxygen atoms in total. The van der Waals surface area contributed by atoms with Crippen molar-refractivity contribution in [1.29, 1.82) is 0 Å². The number of thiophene rings is 1. The Bertz CT molecular complexity index is 3190. The van der Waals surface area contributed by atoms with Gasteiger partial charge in [-0.25, -0.2) is 15.0 Å². The Balaban J connectivity index is 1.06. The minimum absolute atomic E-state index is 0.405. The largest absolute Gasteiger partial charge is 0.208 e. The predicted octanol–water partition coefficient (Wildman–Crippen LogP) is 13.8. The Kier molecular flexibility index (Phi) is 7.31. The van der Waals surface area contributed by atoms with Crippen molar-refractivity contribution in [2.24, 2.45) is 0 Å². The Morgan fingerprint density at radius 1 is 0.328 bits per heavy atom. The molecule has 2 aromatic heterocycles. The van der Waals surface area contributed by atoms with Crippen LogP contribution in [0.5, 0.6) is 0 Å². The summed E-state index contributed by atoms with van der Waals surface area (Å²) in [5.41, 5.74) is 16.3. The molecule has 2 aliphatic rings. The zero-order valence-electron chi connectivity index (χ0n) is 31.3. The highest BCUT2D eigenvalue weighted by Crippen LogP contribution is 2.66. The predicted molar refractivity (Wildman–Crippen MR) is 239 cm³/mol. The maximum atomic E-state index is 5.25.